The number of hydrogen-bond donors (Lipinski definition) is 2. The number of carbonyl (C=O) groups is 1. The Bertz CT molecular complexity index is 438. The first kappa shape index (κ1) is 14.9. The lowest BCUT2D eigenvalue weighted by Crippen LogP contribution is -2.41. The summed E-state index contributed by atoms with van der Waals surface area (Å²) >= 11 is 0. The Morgan fingerprint density at radius 1 is 1.35 bits per heavy atom. The number of hydrogen-bond acceptors (Lipinski definition) is 2. The summed E-state index contributed by atoms with van der Waals surface area (Å²) in [6, 6.07) is 7.23. The Labute approximate surface area is 121 Å². The van der Waals surface area contributed by atoms with Crippen molar-refractivity contribution in [2.24, 2.45) is 5.92 Å². The number of rotatable bonds is 5. The second-order valence-corrected chi connectivity index (χ2v) is 5.83. The van der Waals surface area contributed by atoms with Crippen molar-refractivity contribution >= 4 is 5.91 Å². The molecule has 1 atom stereocenters. The van der Waals surface area contributed by atoms with Crippen molar-refractivity contribution in [2.75, 3.05) is 0 Å². The minimum atomic E-state index is 0.0630. The van der Waals surface area contributed by atoms with E-state index in [4.69, 9.17) is 0 Å². The number of phenolic OH excluding ortho intramolecular Hbond substituents is 1. The lowest BCUT2D eigenvalue weighted by molar-refractivity contribution is -0.121. The predicted molar refractivity (Wildman–Crippen MR) is 80.6 cm³/mol. The molecule has 0 saturated heterocycles. The first-order chi connectivity index (χ1) is 9.69. The van der Waals surface area contributed by atoms with Crippen LogP contribution in [0.5, 0.6) is 5.75 Å². The number of aromatic hydroxyl groups is 1. The molecule has 0 radical (unpaired) electrons. The number of benzene rings is 1. The highest BCUT2D eigenvalue weighted by Gasteiger charge is 2.23. The first-order valence-electron chi connectivity index (χ1n) is 7.76. The molecule has 3 heteroatoms. The van der Waals surface area contributed by atoms with Crippen LogP contribution in [0.3, 0.4) is 0 Å². The van der Waals surface area contributed by atoms with Gasteiger partial charge in [-0.05, 0) is 42.9 Å². The van der Waals surface area contributed by atoms with Crippen LogP contribution < -0.4 is 5.32 Å². The molecule has 1 amide bonds. The van der Waals surface area contributed by atoms with Gasteiger partial charge in [-0.3, -0.25) is 4.79 Å². The second kappa shape index (κ2) is 7.32. The molecule has 1 aromatic carbocycles. The fourth-order valence-electron chi connectivity index (χ4n) is 3.20. The van der Waals surface area contributed by atoms with Crippen LogP contribution in [-0.2, 0) is 11.2 Å². The smallest absolute Gasteiger partial charge is 0.224 e. The van der Waals surface area contributed by atoms with Crippen LogP contribution in [0.4, 0.5) is 0 Å². The molecule has 2 N–H and O–H groups in total. The van der Waals surface area contributed by atoms with Crippen molar-refractivity contribution in [1.82, 2.24) is 5.32 Å². The van der Waals surface area contributed by atoms with Gasteiger partial charge in [0.05, 0.1) is 6.42 Å². The van der Waals surface area contributed by atoms with Crippen molar-refractivity contribution < 1.29 is 9.90 Å². The molecule has 110 valence electrons. The van der Waals surface area contributed by atoms with Gasteiger partial charge in [0.2, 0.25) is 5.91 Å². The van der Waals surface area contributed by atoms with E-state index in [9.17, 15) is 9.90 Å². The molecule has 20 heavy (non-hydrogen) atoms. The highest BCUT2D eigenvalue weighted by molar-refractivity contribution is 5.79. The largest absolute Gasteiger partial charge is 0.508 e. The topological polar surface area (TPSA) is 49.3 Å². The summed E-state index contributed by atoms with van der Waals surface area (Å²) in [5.41, 5.74) is 0.862. The van der Waals surface area contributed by atoms with E-state index in [2.05, 4.69) is 12.2 Å². The molecule has 1 saturated carbocycles. The lowest BCUT2D eigenvalue weighted by Gasteiger charge is -2.30. The van der Waals surface area contributed by atoms with Crippen molar-refractivity contribution in [3.63, 3.8) is 0 Å². The molecule has 3 nitrogen and oxygen atoms in total. The van der Waals surface area contributed by atoms with Gasteiger partial charge in [-0.1, -0.05) is 38.3 Å². The molecule has 2 rings (SSSR count). The van der Waals surface area contributed by atoms with Gasteiger partial charge in [0.15, 0.2) is 0 Å². The SMILES string of the molecule is CCC(NC(=O)Cc1cccc(O)c1)C1CCCCC1. The summed E-state index contributed by atoms with van der Waals surface area (Å²) in [6.07, 6.45) is 7.75. The molecular formula is C17H25NO2. The number of carbonyl (C=O) groups excluding carboxylic acids is 1. The van der Waals surface area contributed by atoms with E-state index < -0.39 is 0 Å². The summed E-state index contributed by atoms with van der Waals surface area (Å²) in [5, 5.41) is 12.6. The Balaban J connectivity index is 1.88. The molecule has 1 aliphatic rings. The van der Waals surface area contributed by atoms with E-state index >= 15 is 0 Å². The number of phenols is 1. The maximum absolute atomic E-state index is 12.1. The molecular weight excluding hydrogens is 250 g/mol. The third kappa shape index (κ3) is 4.26. The van der Waals surface area contributed by atoms with Gasteiger partial charge in [-0.15, -0.1) is 0 Å². The van der Waals surface area contributed by atoms with Crippen LogP contribution in [0, 0.1) is 5.92 Å². The normalized spacial score (nSPS) is 17.6. The molecule has 1 aromatic rings. The van der Waals surface area contributed by atoms with Gasteiger partial charge in [-0.25, -0.2) is 0 Å². The van der Waals surface area contributed by atoms with E-state index in [1.807, 2.05) is 6.07 Å². The highest BCUT2D eigenvalue weighted by atomic mass is 16.3. The predicted octanol–water partition coefficient (Wildman–Crippen LogP) is 3.41. The highest BCUT2D eigenvalue weighted by Crippen LogP contribution is 2.27. The standard InChI is InChI=1S/C17H25NO2/c1-2-16(14-8-4-3-5-9-14)18-17(20)12-13-7-6-10-15(19)11-13/h6-7,10-11,14,16,19H,2-5,8-9,12H2,1H3,(H,18,20). The number of amides is 1. The van der Waals surface area contributed by atoms with Crippen molar-refractivity contribution in [3.8, 4) is 5.75 Å². The van der Waals surface area contributed by atoms with Crippen LogP contribution in [0.1, 0.15) is 51.0 Å². The molecule has 0 bridgehead atoms. The molecule has 0 heterocycles. The van der Waals surface area contributed by atoms with Gasteiger partial charge in [-0.2, -0.15) is 0 Å². The Kier molecular flexibility index (Phi) is 5.45. The van der Waals surface area contributed by atoms with Gasteiger partial charge in [0, 0.05) is 6.04 Å². The second-order valence-electron chi connectivity index (χ2n) is 5.83. The molecule has 0 aromatic heterocycles. The average Bonchev–Trinajstić information content (AvgIpc) is 2.45. The fraction of sp³-hybridized carbons (Fsp3) is 0.588. The summed E-state index contributed by atoms with van der Waals surface area (Å²) in [5.74, 6) is 0.921. The molecule has 1 fully saturated rings. The van der Waals surface area contributed by atoms with Gasteiger partial charge < -0.3 is 10.4 Å². The van der Waals surface area contributed by atoms with E-state index in [0.717, 1.165) is 12.0 Å². The van der Waals surface area contributed by atoms with Crippen LogP contribution in [0.25, 0.3) is 0 Å². The summed E-state index contributed by atoms with van der Waals surface area (Å²) in [6.45, 7) is 2.15. The zero-order chi connectivity index (χ0) is 14.4. The molecule has 0 aliphatic heterocycles. The quantitative estimate of drug-likeness (QED) is 0.865. The monoisotopic (exact) mass is 275 g/mol. The van der Waals surface area contributed by atoms with Crippen molar-refractivity contribution in [3.05, 3.63) is 29.8 Å². The van der Waals surface area contributed by atoms with Crippen LogP contribution in [0.2, 0.25) is 0 Å². The zero-order valence-corrected chi connectivity index (χ0v) is 12.3. The third-order valence-corrected chi connectivity index (χ3v) is 4.28. The molecule has 1 aliphatic carbocycles. The first-order valence-corrected chi connectivity index (χ1v) is 7.76. The van der Waals surface area contributed by atoms with Crippen LogP contribution >= 0.6 is 0 Å². The Morgan fingerprint density at radius 2 is 2.10 bits per heavy atom. The van der Waals surface area contributed by atoms with E-state index in [1.54, 1.807) is 18.2 Å². The minimum Gasteiger partial charge on any atom is -0.508 e. The van der Waals surface area contributed by atoms with Crippen molar-refractivity contribution in [1.29, 1.82) is 0 Å². The summed E-state index contributed by atoms with van der Waals surface area (Å²) in [7, 11) is 0. The molecule has 0 spiro atoms. The maximum atomic E-state index is 12.1. The molecule has 1 unspecified atom stereocenters. The van der Waals surface area contributed by atoms with E-state index in [-0.39, 0.29) is 11.7 Å². The lowest BCUT2D eigenvalue weighted by atomic mass is 9.83. The summed E-state index contributed by atoms with van der Waals surface area (Å²) < 4.78 is 0. The van der Waals surface area contributed by atoms with Gasteiger partial charge >= 0.3 is 0 Å². The minimum absolute atomic E-state index is 0.0630. The maximum Gasteiger partial charge on any atom is 0.224 e. The van der Waals surface area contributed by atoms with Gasteiger partial charge in [0.25, 0.3) is 0 Å². The Hall–Kier alpha value is -1.51. The third-order valence-electron chi connectivity index (χ3n) is 4.28. The van der Waals surface area contributed by atoms with Crippen LogP contribution in [-0.4, -0.2) is 17.1 Å². The van der Waals surface area contributed by atoms with Crippen LogP contribution in [0.15, 0.2) is 24.3 Å². The van der Waals surface area contributed by atoms with E-state index in [0.29, 0.717) is 18.4 Å². The fourth-order valence-corrected chi connectivity index (χ4v) is 3.20. The van der Waals surface area contributed by atoms with E-state index in [1.165, 1.54) is 32.1 Å². The summed E-state index contributed by atoms with van der Waals surface area (Å²) in [4.78, 5) is 12.1. The van der Waals surface area contributed by atoms with Crippen molar-refractivity contribution in [2.45, 2.75) is 57.9 Å². The average molecular weight is 275 g/mol. The van der Waals surface area contributed by atoms with Gasteiger partial charge in [0.1, 0.15) is 5.75 Å². The Morgan fingerprint density at radius 3 is 2.75 bits per heavy atom. The number of nitrogens with one attached hydrogen (secondary N) is 1. The zero-order valence-electron chi connectivity index (χ0n) is 12.3.